The molecule has 0 aliphatic carbocycles. The van der Waals surface area contributed by atoms with Crippen LogP contribution in [-0.2, 0) is 0 Å². The van der Waals surface area contributed by atoms with Crippen molar-refractivity contribution in [2.75, 3.05) is 11.1 Å². The summed E-state index contributed by atoms with van der Waals surface area (Å²) in [7, 11) is 0. The molecule has 0 unspecified atom stereocenters. The van der Waals surface area contributed by atoms with Gasteiger partial charge in [-0.2, -0.15) is 5.26 Å². The predicted molar refractivity (Wildman–Crippen MR) is 87.1 cm³/mol. The van der Waals surface area contributed by atoms with Crippen molar-refractivity contribution in [1.29, 1.82) is 5.26 Å². The van der Waals surface area contributed by atoms with Gasteiger partial charge in [0.2, 0.25) is 0 Å². The zero-order valence-corrected chi connectivity index (χ0v) is 13.3. The zero-order valence-electron chi connectivity index (χ0n) is 11.7. The number of hydrogen-bond acceptors (Lipinski definition) is 3. The predicted octanol–water partition coefficient (Wildman–Crippen LogP) is 3.77. The highest BCUT2D eigenvalue weighted by Gasteiger charge is 2.13. The minimum absolute atomic E-state index is 0.284. The normalized spacial score (nSPS) is 10.0. The molecule has 2 rings (SSSR count). The van der Waals surface area contributed by atoms with E-state index in [1.165, 1.54) is 0 Å². The smallest absolute Gasteiger partial charge is 0.256 e. The molecule has 0 radical (unpaired) electrons. The first-order chi connectivity index (χ1) is 9.92. The van der Waals surface area contributed by atoms with Gasteiger partial charge in [-0.15, -0.1) is 0 Å². The maximum absolute atomic E-state index is 12.4. The third-order valence-electron chi connectivity index (χ3n) is 3.21. The number of aryl methyl sites for hydroxylation is 2. The molecular formula is C16H14BrN3O. The van der Waals surface area contributed by atoms with E-state index in [2.05, 4.69) is 27.3 Å². The van der Waals surface area contributed by atoms with Gasteiger partial charge < -0.3 is 11.1 Å². The fourth-order valence-electron chi connectivity index (χ4n) is 2.02. The molecule has 2 aromatic carbocycles. The second-order valence-corrected chi connectivity index (χ2v) is 5.70. The van der Waals surface area contributed by atoms with Crippen molar-refractivity contribution >= 4 is 33.2 Å². The number of carbonyl (C=O) groups excluding carboxylic acids is 1. The highest BCUT2D eigenvalue weighted by atomic mass is 79.9. The van der Waals surface area contributed by atoms with Crippen LogP contribution >= 0.6 is 15.9 Å². The van der Waals surface area contributed by atoms with Crippen LogP contribution in [0.5, 0.6) is 0 Å². The number of nitrogens with zero attached hydrogens (tertiary/aromatic N) is 1. The van der Waals surface area contributed by atoms with Crippen molar-refractivity contribution in [3.63, 3.8) is 0 Å². The number of anilines is 2. The van der Waals surface area contributed by atoms with E-state index in [4.69, 9.17) is 11.0 Å². The van der Waals surface area contributed by atoms with E-state index in [-0.39, 0.29) is 5.91 Å². The van der Waals surface area contributed by atoms with Gasteiger partial charge in [0.1, 0.15) is 6.07 Å². The van der Waals surface area contributed by atoms with Crippen molar-refractivity contribution in [1.82, 2.24) is 0 Å². The fourth-order valence-corrected chi connectivity index (χ4v) is 2.38. The van der Waals surface area contributed by atoms with Crippen molar-refractivity contribution in [2.45, 2.75) is 13.8 Å². The summed E-state index contributed by atoms with van der Waals surface area (Å²) in [6, 6.07) is 10.7. The first-order valence-electron chi connectivity index (χ1n) is 6.30. The summed E-state index contributed by atoms with van der Waals surface area (Å²) >= 11 is 3.33. The van der Waals surface area contributed by atoms with Crippen molar-refractivity contribution in [2.24, 2.45) is 0 Å². The van der Waals surface area contributed by atoms with Crippen molar-refractivity contribution in [3.8, 4) is 6.07 Å². The van der Waals surface area contributed by atoms with Crippen LogP contribution in [0.4, 0.5) is 11.4 Å². The minimum atomic E-state index is -0.284. The van der Waals surface area contributed by atoms with Gasteiger partial charge in [0, 0.05) is 15.7 Å². The molecule has 0 bridgehead atoms. The summed E-state index contributed by atoms with van der Waals surface area (Å²) < 4.78 is 0.789. The van der Waals surface area contributed by atoms with E-state index in [9.17, 15) is 4.79 Å². The van der Waals surface area contributed by atoms with Gasteiger partial charge in [-0.3, -0.25) is 4.79 Å². The molecule has 0 saturated carbocycles. The first kappa shape index (κ1) is 15.1. The molecule has 0 saturated heterocycles. The van der Waals surface area contributed by atoms with Gasteiger partial charge in [-0.05, 0) is 49.2 Å². The molecular weight excluding hydrogens is 330 g/mol. The highest BCUT2D eigenvalue weighted by Crippen LogP contribution is 2.23. The number of hydrogen-bond donors (Lipinski definition) is 2. The Bertz CT molecular complexity index is 763. The molecule has 4 nitrogen and oxygen atoms in total. The lowest BCUT2D eigenvalue weighted by Crippen LogP contribution is -2.15. The molecule has 3 N–H and O–H groups in total. The highest BCUT2D eigenvalue weighted by molar-refractivity contribution is 9.10. The van der Waals surface area contributed by atoms with Crippen LogP contribution in [0.2, 0.25) is 0 Å². The molecule has 0 spiro atoms. The van der Waals surface area contributed by atoms with Crippen LogP contribution in [0.3, 0.4) is 0 Å². The molecule has 0 aliphatic heterocycles. The van der Waals surface area contributed by atoms with E-state index in [1.807, 2.05) is 19.9 Å². The lowest BCUT2D eigenvalue weighted by molar-refractivity contribution is 0.102. The average molecular weight is 344 g/mol. The van der Waals surface area contributed by atoms with Gasteiger partial charge in [0.25, 0.3) is 5.91 Å². The number of halogens is 1. The molecule has 0 atom stereocenters. The largest absolute Gasteiger partial charge is 0.398 e. The molecule has 106 valence electrons. The number of amides is 1. The average Bonchev–Trinajstić information content (AvgIpc) is 2.43. The van der Waals surface area contributed by atoms with Gasteiger partial charge in [0.15, 0.2) is 0 Å². The molecule has 0 aliphatic rings. The first-order valence-corrected chi connectivity index (χ1v) is 7.09. The molecule has 0 aromatic heterocycles. The third-order valence-corrected chi connectivity index (χ3v) is 3.70. The van der Waals surface area contributed by atoms with Crippen LogP contribution < -0.4 is 11.1 Å². The Morgan fingerprint density at radius 1 is 1.24 bits per heavy atom. The summed E-state index contributed by atoms with van der Waals surface area (Å²) in [5.74, 6) is -0.284. The molecule has 0 fully saturated rings. The van der Waals surface area contributed by atoms with Crippen molar-refractivity contribution in [3.05, 3.63) is 57.1 Å². The van der Waals surface area contributed by atoms with Crippen molar-refractivity contribution < 1.29 is 4.79 Å². The van der Waals surface area contributed by atoms with Gasteiger partial charge in [-0.25, -0.2) is 0 Å². The summed E-state index contributed by atoms with van der Waals surface area (Å²) in [4.78, 5) is 12.4. The minimum Gasteiger partial charge on any atom is -0.398 e. The number of nitrogens with two attached hydrogens (primary N) is 1. The Labute approximate surface area is 131 Å². The van der Waals surface area contributed by atoms with Gasteiger partial charge in [-0.1, -0.05) is 22.0 Å². The topological polar surface area (TPSA) is 78.9 Å². The second-order valence-electron chi connectivity index (χ2n) is 4.78. The van der Waals surface area contributed by atoms with E-state index < -0.39 is 0 Å². The summed E-state index contributed by atoms with van der Waals surface area (Å²) in [6.45, 7) is 3.75. The molecule has 1 amide bonds. The maximum atomic E-state index is 12.4. The number of nitrogen functional groups attached to an aromatic ring is 1. The number of nitriles is 1. The lowest BCUT2D eigenvalue weighted by atomic mass is 10.0. The Hall–Kier alpha value is -2.32. The molecule has 5 heteroatoms. The Kier molecular flexibility index (Phi) is 4.29. The van der Waals surface area contributed by atoms with Crippen LogP contribution in [0.25, 0.3) is 0 Å². The van der Waals surface area contributed by atoms with Gasteiger partial charge in [0.05, 0.1) is 11.3 Å². The lowest BCUT2D eigenvalue weighted by Gasteiger charge is -2.11. The van der Waals surface area contributed by atoms with E-state index in [0.29, 0.717) is 22.5 Å². The van der Waals surface area contributed by atoms with Crippen LogP contribution in [0.15, 0.2) is 34.8 Å². The van der Waals surface area contributed by atoms with Gasteiger partial charge >= 0.3 is 0 Å². The second kappa shape index (κ2) is 5.98. The molecule has 0 heterocycles. The maximum Gasteiger partial charge on any atom is 0.256 e. The number of carbonyl (C=O) groups is 1. The Morgan fingerprint density at radius 2 is 1.95 bits per heavy atom. The Morgan fingerprint density at radius 3 is 2.62 bits per heavy atom. The summed E-state index contributed by atoms with van der Waals surface area (Å²) in [5.41, 5.74) is 9.58. The van der Waals surface area contributed by atoms with E-state index >= 15 is 0 Å². The van der Waals surface area contributed by atoms with Crippen LogP contribution in [0, 0.1) is 25.2 Å². The summed E-state index contributed by atoms with van der Waals surface area (Å²) in [6.07, 6.45) is 0. The van der Waals surface area contributed by atoms with Crippen LogP contribution in [-0.4, -0.2) is 5.91 Å². The van der Waals surface area contributed by atoms with E-state index in [1.54, 1.807) is 24.3 Å². The molecule has 21 heavy (non-hydrogen) atoms. The standard InChI is InChI=1S/C16H14BrN3O/c1-9-5-10(2)14(19)7-13(9)16(21)20-15-6-12(17)4-3-11(15)8-18/h3-7H,19H2,1-2H3,(H,20,21). The van der Waals surface area contributed by atoms with E-state index in [0.717, 1.165) is 15.6 Å². The number of rotatable bonds is 2. The third kappa shape index (κ3) is 3.23. The molecule has 2 aromatic rings. The SMILES string of the molecule is Cc1cc(C)c(C(=O)Nc2cc(Br)ccc2C#N)cc1N. The van der Waals surface area contributed by atoms with Crippen LogP contribution in [0.1, 0.15) is 27.0 Å². The number of nitrogens with one attached hydrogen (secondary N) is 1. The summed E-state index contributed by atoms with van der Waals surface area (Å²) in [5, 5.41) is 11.9. The zero-order chi connectivity index (χ0) is 15.6. The number of benzene rings is 2. The monoisotopic (exact) mass is 343 g/mol. The fraction of sp³-hybridized carbons (Fsp3) is 0.125. The Balaban J connectivity index is 2.37. The quantitative estimate of drug-likeness (QED) is 0.814.